The van der Waals surface area contributed by atoms with E-state index >= 15 is 0 Å². The van der Waals surface area contributed by atoms with E-state index in [-0.39, 0.29) is 11.8 Å². The number of methoxy groups -OCH3 is 1. The summed E-state index contributed by atoms with van der Waals surface area (Å²) < 4.78 is 4.50. The summed E-state index contributed by atoms with van der Waals surface area (Å²) >= 11 is 0. The van der Waals surface area contributed by atoms with Gasteiger partial charge < -0.3 is 9.64 Å². The largest absolute Gasteiger partial charge is 0.469 e. The number of nitrogens with zero attached hydrogens (tertiary/aromatic N) is 2. The highest BCUT2D eigenvalue weighted by molar-refractivity contribution is 5.94. The van der Waals surface area contributed by atoms with Gasteiger partial charge in [0.1, 0.15) is 6.42 Å². The number of hydrogen-bond donors (Lipinski definition) is 1. The minimum atomic E-state index is -0.591. The molecule has 0 bridgehead atoms. The molecule has 0 unspecified atom stereocenters. The quantitative estimate of drug-likeness (QED) is 0.360. The number of hydrogen-bond acceptors (Lipinski definition) is 5. The van der Waals surface area contributed by atoms with Gasteiger partial charge in [-0.2, -0.15) is 5.10 Å². The molecule has 1 aliphatic heterocycles. The molecule has 0 saturated carbocycles. The lowest BCUT2D eigenvalue weighted by molar-refractivity contribution is -0.143. The first kappa shape index (κ1) is 19.9. The molecule has 6 nitrogen and oxygen atoms in total. The first-order chi connectivity index (χ1) is 14.6. The molecular weight excluding hydrogens is 378 g/mol. The zero-order valence-corrected chi connectivity index (χ0v) is 17.2. The van der Waals surface area contributed by atoms with E-state index in [9.17, 15) is 9.59 Å². The summed E-state index contributed by atoms with van der Waals surface area (Å²) in [7, 11) is 1.25. The van der Waals surface area contributed by atoms with E-state index in [2.05, 4.69) is 75.6 Å². The maximum atomic E-state index is 11.7. The van der Waals surface area contributed by atoms with Crippen molar-refractivity contribution < 1.29 is 14.3 Å². The molecule has 0 fully saturated rings. The Kier molecular flexibility index (Phi) is 5.40. The van der Waals surface area contributed by atoms with Gasteiger partial charge in [-0.1, -0.05) is 42.5 Å². The Hall–Kier alpha value is -3.41. The first-order valence-corrected chi connectivity index (χ1v) is 10.1. The van der Waals surface area contributed by atoms with Crippen LogP contribution in [-0.4, -0.2) is 31.7 Å². The van der Waals surface area contributed by atoms with Crippen LogP contribution < -0.4 is 10.3 Å². The van der Waals surface area contributed by atoms with Crippen molar-refractivity contribution >= 4 is 23.8 Å². The minimum Gasteiger partial charge on any atom is -0.469 e. The summed E-state index contributed by atoms with van der Waals surface area (Å²) in [6, 6.07) is 17.2. The van der Waals surface area contributed by atoms with Crippen LogP contribution in [0, 0.1) is 0 Å². The van der Waals surface area contributed by atoms with Crippen molar-refractivity contribution in [2.45, 2.75) is 31.6 Å². The van der Waals surface area contributed by atoms with E-state index in [0.29, 0.717) is 0 Å². The fraction of sp³-hybridized carbons (Fsp3) is 0.292. The number of carbonyl (C=O) groups excluding carboxylic acids is 2. The molecule has 0 atom stereocenters. The van der Waals surface area contributed by atoms with Gasteiger partial charge >= 0.3 is 5.97 Å². The van der Waals surface area contributed by atoms with E-state index in [4.69, 9.17) is 0 Å². The number of para-hydroxylation sites is 1. The average molecular weight is 403 g/mol. The predicted octanol–water partition coefficient (Wildman–Crippen LogP) is 3.11. The lowest BCUT2D eigenvalue weighted by atomic mass is 9.77. The van der Waals surface area contributed by atoms with Crippen LogP contribution in [0.25, 0.3) is 0 Å². The molecule has 6 heteroatoms. The molecule has 1 spiro atoms. The van der Waals surface area contributed by atoms with E-state index < -0.39 is 11.9 Å². The fourth-order valence-corrected chi connectivity index (χ4v) is 4.68. The summed E-state index contributed by atoms with van der Waals surface area (Å²) in [5.74, 6) is -1.09. The van der Waals surface area contributed by atoms with Crippen LogP contribution in [0.5, 0.6) is 0 Å². The average Bonchev–Trinajstić information content (AvgIpc) is 3.27. The summed E-state index contributed by atoms with van der Waals surface area (Å²) in [6.07, 6.45) is 5.10. The summed E-state index contributed by atoms with van der Waals surface area (Å²) in [6.45, 7) is 2.98. The lowest BCUT2D eigenvalue weighted by Crippen LogP contribution is -2.32. The second-order valence-corrected chi connectivity index (χ2v) is 7.58. The molecule has 2 aliphatic rings. The number of ether oxygens (including phenoxy) is 1. The van der Waals surface area contributed by atoms with Gasteiger partial charge in [-0.05, 0) is 48.6 Å². The van der Waals surface area contributed by atoms with Gasteiger partial charge in [-0.15, -0.1) is 0 Å². The van der Waals surface area contributed by atoms with Crippen LogP contribution in [0.4, 0.5) is 5.69 Å². The molecule has 2 aromatic rings. The Bertz CT molecular complexity index is 1020. The Morgan fingerprint density at radius 1 is 1.13 bits per heavy atom. The molecule has 0 saturated heterocycles. The van der Waals surface area contributed by atoms with Crippen molar-refractivity contribution in [3.05, 3.63) is 77.0 Å². The second-order valence-electron chi connectivity index (χ2n) is 7.58. The topological polar surface area (TPSA) is 71.0 Å². The summed E-state index contributed by atoms with van der Waals surface area (Å²) in [4.78, 5) is 25.3. The van der Waals surface area contributed by atoms with Crippen molar-refractivity contribution in [3.63, 3.8) is 0 Å². The fourth-order valence-electron chi connectivity index (χ4n) is 4.68. The molecule has 1 amide bonds. The van der Waals surface area contributed by atoms with Gasteiger partial charge in [0.25, 0.3) is 5.91 Å². The van der Waals surface area contributed by atoms with Gasteiger partial charge in [0.2, 0.25) is 0 Å². The number of hydrazone groups is 1. The van der Waals surface area contributed by atoms with Crippen LogP contribution in [0.2, 0.25) is 0 Å². The summed E-state index contributed by atoms with van der Waals surface area (Å²) in [5.41, 5.74) is 8.73. The third kappa shape index (κ3) is 3.38. The van der Waals surface area contributed by atoms with Crippen LogP contribution >= 0.6 is 0 Å². The number of allylic oxidation sites excluding steroid dienone is 2. The van der Waals surface area contributed by atoms with Crippen molar-refractivity contribution in [1.82, 2.24) is 5.43 Å². The highest BCUT2D eigenvalue weighted by Gasteiger charge is 2.49. The Morgan fingerprint density at radius 2 is 1.80 bits per heavy atom. The monoisotopic (exact) mass is 403 g/mol. The van der Waals surface area contributed by atoms with Crippen LogP contribution in [0.3, 0.4) is 0 Å². The first-order valence-electron chi connectivity index (χ1n) is 10.1. The number of amides is 1. The molecule has 2 aromatic carbocycles. The number of carbonyl (C=O) groups is 2. The van der Waals surface area contributed by atoms with E-state index in [1.54, 1.807) is 6.21 Å². The van der Waals surface area contributed by atoms with Crippen LogP contribution in [-0.2, 0) is 32.6 Å². The van der Waals surface area contributed by atoms with Crippen molar-refractivity contribution in [2.24, 2.45) is 5.10 Å². The van der Waals surface area contributed by atoms with E-state index in [0.717, 1.165) is 19.4 Å². The van der Waals surface area contributed by atoms with E-state index in [1.807, 2.05) is 6.08 Å². The number of anilines is 1. The maximum absolute atomic E-state index is 11.7. The Balaban J connectivity index is 1.65. The zero-order chi connectivity index (χ0) is 21.1. The number of nitrogens with one attached hydrogen (secondary N) is 1. The van der Waals surface area contributed by atoms with Crippen molar-refractivity contribution in [1.29, 1.82) is 0 Å². The Labute approximate surface area is 176 Å². The number of likely N-dealkylation sites (N-methyl/N-ethyl adjacent to an activating group) is 1. The third-order valence-electron chi connectivity index (χ3n) is 5.94. The van der Waals surface area contributed by atoms with Crippen LogP contribution in [0.15, 0.2) is 65.4 Å². The highest BCUT2D eigenvalue weighted by Crippen LogP contribution is 2.54. The number of esters is 1. The second kappa shape index (κ2) is 8.14. The summed E-state index contributed by atoms with van der Waals surface area (Å²) in [5, 5.41) is 4.02. The molecular formula is C24H25N3O3. The normalized spacial score (nSPS) is 17.4. The van der Waals surface area contributed by atoms with Gasteiger partial charge in [0.15, 0.2) is 0 Å². The molecule has 30 heavy (non-hydrogen) atoms. The molecule has 0 aromatic heterocycles. The third-order valence-corrected chi connectivity index (χ3v) is 5.94. The molecule has 1 heterocycles. The van der Waals surface area contributed by atoms with Crippen molar-refractivity contribution in [2.75, 3.05) is 18.6 Å². The number of rotatable bonds is 5. The number of fused-ring (bicyclic) bond motifs is 3. The standard InChI is InChI=1S/C24H25N3O3/c1-3-27-20-11-7-6-10-19(20)24(15-17-8-4-5-9-18(17)16-24)21(27)12-13-25-26-22(28)14-23(29)30-2/h4-13H,3,14-16H2,1-2H3,(H,26,28)/b21-12-,25-13+. The van der Waals surface area contributed by atoms with Gasteiger partial charge in [-0.3, -0.25) is 9.59 Å². The van der Waals surface area contributed by atoms with Gasteiger partial charge in [0.05, 0.1) is 7.11 Å². The molecule has 154 valence electrons. The minimum absolute atomic E-state index is 0.141. The Morgan fingerprint density at radius 3 is 2.47 bits per heavy atom. The highest BCUT2D eigenvalue weighted by atomic mass is 16.5. The number of benzene rings is 2. The van der Waals surface area contributed by atoms with Crippen LogP contribution in [0.1, 0.15) is 30.0 Å². The maximum Gasteiger partial charge on any atom is 0.315 e. The molecule has 1 N–H and O–H groups in total. The predicted molar refractivity (Wildman–Crippen MR) is 116 cm³/mol. The smallest absolute Gasteiger partial charge is 0.315 e. The van der Waals surface area contributed by atoms with Gasteiger partial charge in [0, 0.05) is 29.6 Å². The molecule has 1 aliphatic carbocycles. The van der Waals surface area contributed by atoms with Crippen molar-refractivity contribution in [3.8, 4) is 0 Å². The lowest BCUT2D eigenvalue weighted by Gasteiger charge is -2.29. The van der Waals surface area contributed by atoms with Gasteiger partial charge in [-0.25, -0.2) is 5.43 Å². The molecule has 4 rings (SSSR count). The van der Waals surface area contributed by atoms with E-state index in [1.165, 1.54) is 35.2 Å². The molecule has 0 radical (unpaired) electrons. The SMILES string of the molecule is CCN1/C(=C\C=N\NC(=O)CC(=O)OC)C2(Cc3ccccc3C2)c2ccccc21. The zero-order valence-electron chi connectivity index (χ0n) is 17.2.